The molecule has 0 saturated carbocycles. The van der Waals surface area contributed by atoms with E-state index >= 15 is 0 Å². The van der Waals surface area contributed by atoms with Gasteiger partial charge in [0.2, 0.25) is 0 Å². The smallest absolute Gasteiger partial charge is 0.339 e. The van der Waals surface area contributed by atoms with Crippen LogP contribution in [0.3, 0.4) is 0 Å². The molecular weight excluding hydrogens is 302 g/mol. The number of urea groups is 1. The molecule has 2 N–H and O–H groups in total. The molecule has 5 nitrogen and oxygen atoms in total. The van der Waals surface area contributed by atoms with E-state index < -0.39 is 6.03 Å². The highest BCUT2D eigenvalue weighted by Gasteiger charge is 2.01. The Morgan fingerprint density at radius 2 is 1.75 bits per heavy atom. The summed E-state index contributed by atoms with van der Waals surface area (Å²) in [5, 5.41) is 8.92. The average Bonchev–Trinajstić information content (AvgIpc) is 2.62. The fraction of sp³-hybridized carbons (Fsp3) is 0.0526. The number of carbonyl (C=O) groups is 1. The average molecular weight is 319 g/mol. The van der Waals surface area contributed by atoms with Gasteiger partial charge in [0.15, 0.2) is 0 Å². The number of hydrogen-bond acceptors (Lipinski definition) is 3. The lowest BCUT2D eigenvalue weighted by Crippen LogP contribution is -2.24. The Balaban J connectivity index is 1.63. The van der Waals surface area contributed by atoms with Crippen molar-refractivity contribution in [3.63, 3.8) is 0 Å². The van der Waals surface area contributed by atoms with E-state index in [1.54, 1.807) is 37.6 Å². The molecule has 0 atom stereocenters. The first kappa shape index (κ1) is 15.6. The molecule has 0 saturated heterocycles. The number of fused-ring (bicyclic) bond motifs is 1. The largest absolute Gasteiger partial charge is 0.497 e. The van der Waals surface area contributed by atoms with Gasteiger partial charge in [-0.1, -0.05) is 42.5 Å². The van der Waals surface area contributed by atoms with Crippen molar-refractivity contribution < 1.29 is 9.53 Å². The fourth-order valence-corrected chi connectivity index (χ4v) is 2.36. The Hall–Kier alpha value is -3.34. The van der Waals surface area contributed by atoms with Crippen LogP contribution >= 0.6 is 0 Å². The van der Waals surface area contributed by atoms with Crippen molar-refractivity contribution in [1.29, 1.82) is 0 Å². The minimum atomic E-state index is -0.406. The summed E-state index contributed by atoms with van der Waals surface area (Å²) < 4.78 is 5.07. The molecule has 0 fully saturated rings. The number of hydrazone groups is 1. The number of methoxy groups -OCH3 is 1. The van der Waals surface area contributed by atoms with E-state index in [1.807, 2.05) is 42.5 Å². The topological polar surface area (TPSA) is 62.7 Å². The van der Waals surface area contributed by atoms with E-state index in [1.165, 1.54) is 0 Å². The third-order valence-electron chi connectivity index (χ3n) is 3.54. The Labute approximate surface area is 140 Å². The van der Waals surface area contributed by atoms with Crippen LogP contribution in [0, 0.1) is 0 Å². The van der Waals surface area contributed by atoms with Crippen LogP contribution < -0.4 is 15.5 Å². The van der Waals surface area contributed by atoms with Crippen molar-refractivity contribution in [3.8, 4) is 5.75 Å². The summed E-state index contributed by atoms with van der Waals surface area (Å²) >= 11 is 0. The van der Waals surface area contributed by atoms with E-state index in [0.29, 0.717) is 5.69 Å². The predicted molar refractivity (Wildman–Crippen MR) is 96.7 cm³/mol. The van der Waals surface area contributed by atoms with E-state index in [4.69, 9.17) is 4.74 Å². The molecule has 0 aliphatic heterocycles. The second kappa shape index (κ2) is 7.28. The Morgan fingerprint density at radius 3 is 2.54 bits per heavy atom. The summed E-state index contributed by atoms with van der Waals surface area (Å²) in [5.74, 6) is 0.731. The van der Waals surface area contributed by atoms with Crippen LogP contribution in [0.2, 0.25) is 0 Å². The van der Waals surface area contributed by atoms with Gasteiger partial charge in [-0.2, -0.15) is 5.10 Å². The summed E-state index contributed by atoms with van der Waals surface area (Å²) in [5.41, 5.74) is 4.06. The van der Waals surface area contributed by atoms with Gasteiger partial charge in [-0.3, -0.25) is 0 Å². The van der Waals surface area contributed by atoms with Crippen molar-refractivity contribution in [2.24, 2.45) is 5.10 Å². The van der Waals surface area contributed by atoms with Crippen molar-refractivity contribution in [3.05, 3.63) is 72.3 Å². The van der Waals surface area contributed by atoms with E-state index in [-0.39, 0.29) is 0 Å². The number of ether oxygens (including phenoxy) is 1. The van der Waals surface area contributed by atoms with Crippen LogP contribution in [-0.4, -0.2) is 19.4 Å². The third-order valence-corrected chi connectivity index (χ3v) is 3.54. The highest BCUT2D eigenvalue weighted by atomic mass is 16.5. The first-order valence-corrected chi connectivity index (χ1v) is 7.48. The monoisotopic (exact) mass is 319 g/mol. The van der Waals surface area contributed by atoms with Gasteiger partial charge in [0.25, 0.3) is 0 Å². The summed E-state index contributed by atoms with van der Waals surface area (Å²) in [6.45, 7) is 0. The van der Waals surface area contributed by atoms with Crippen LogP contribution in [0.25, 0.3) is 10.8 Å². The molecule has 120 valence electrons. The summed E-state index contributed by atoms with van der Waals surface area (Å²) in [7, 11) is 1.59. The standard InChI is InChI=1S/C19H17N3O2/c1-24-17-11-9-16(10-12-17)21-19(23)22-20-13-15-7-4-6-14-5-2-3-8-18(14)15/h2-13H,1H3,(H2,21,22,23)/b20-13+. The molecule has 3 aromatic carbocycles. The fourth-order valence-electron chi connectivity index (χ4n) is 2.36. The highest BCUT2D eigenvalue weighted by Crippen LogP contribution is 2.17. The SMILES string of the molecule is COc1ccc(NC(=O)N/N=C/c2cccc3ccccc23)cc1. The van der Waals surface area contributed by atoms with E-state index in [0.717, 1.165) is 22.1 Å². The van der Waals surface area contributed by atoms with Crippen LogP contribution in [0.1, 0.15) is 5.56 Å². The molecule has 0 aliphatic rings. The maximum absolute atomic E-state index is 11.9. The minimum absolute atomic E-state index is 0.406. The molecule has 0 aliphatic carbocycles. The second-order valence-corrected chi connectivity index (χ2v) is 5.12. The Kier molecular flexibility index (Phi) is 4.72. The lowest BCUT2D eigenvalue weighted by atomic mass is 10.1. The maximum atomic E-state index is 11.9. The second-order valence-electron chi connectivity index (χ2n) is 5.12. The molecule has 0 aromatic heterocycles. The molecule has 2 amide bonds. The molecule has 3 rings (SSSR count). The molecule has 0 radical (unpaired) electrons. The molecule has 0 spiro atoms. The van der Waals surface area contributed by atoms with E-state index in [2.05, 4.69) is 15.8 Å². The molecular formula is C19H17N3O2. The van der Waals surface area contributed by atoms with Crippen LogP contribution in [0.4, 0.5) is 10.5 Å². The van der Waals surface area contributed by atoms with Crippen molar-refractivity contribution in [2.75, 3.05) is 12.4 Å². The summed E-state index contributed by atoms with van der Waals surface area (Å²) in [6, 6.07) is 20.6. The highest BCUT2D eigenvalue weighted by molar-refractivity contribution is 6.00. The first-order valence-electron chi connectivity index (χ1n) is 7.48. The molecule has 0 heterocycles. The summed E-state index contributed by atoms with van der Waals surface area (Å²) in [6.07, 6.45) is 1.63. The summed E-state index contributed by atoms with van der Waals surface area (Å²) in [4.78, 5) is 11.9. The van der Waals surface area contributed by atoms with Gasteiger partial charge >= 0.3 is 6.03 Å². The zero-order valence-electron chi connectivity index (χ0n) is 13.2. The zero-order valence-corrected chi connectivity index (χ0v) is 13.2. The first-order chi connectivity index (χ1) is 11.8. The zero-order chi connectivity index (χ0) is 16.8. The number of amides is 2. The predicted octanol–water partition coefficient (Wildman–Crippen LogP) is 4.00. The van der Waals surface area contributed by atoms with Gasteiger partial charge in [-0.05, 0) is 35.0 Å². The quantitative estimate of drug-likeness (QED) is 0.564. The Bertz CT molecular complexity index is 868. The van der Waals surface area contributed by atoms with Gasteiger partial charge in [-0.25, -0.2) is 10.2 Å². The van der Waals surface area contributed by atoms with Crippen molar-refractivity contribution in [1.82, 2.24) is 5.43 Å². The number of nitrogens with zero attached hydrogens (tertiary/aromatic N) is 1. The molecule has 24 heavy (non-hydrogen) atoms. The maximum Gasteiger partial charge on any atom is 0.339 e. The normalized spacial score (nSPS) is 10.7. The van der Waals surface area contributed by atoms with Crippen molar-refractivity contribution >= 4 is 28.7 Å². The number of rotatable bonds is 4. The van der Waals surface area contributed by atoms with Gasteiger partial charge < -0.3 is 10.1 Å². The van der Waals surface area contributed by atoms with E-state index in [9.17, 15) is 4.79 Å². The molecule has 0 bridgehead atoms. The van der Waals surface area contributed by atoms with Crippen LogP contribution in [0.15, 0.2) is 71.8 Å². The third kappa shape index (κ3) is 3.70. The number of benzene rings is 3. The van der Waals surface area contributed by atoms with Gasteiger partial charge in [0, 0.05) is 11.3 Å². The van der Waals surface area contributed by atoms with Crippen molar-refractivity contribution in [2.45, 2.75) is 0 Å². The number of nitrogens with one attached hydrogen (secondary N) is 2. The van der Waals surface area contributed by atoms with Gasteiger partial charge in [0.1, 0.15) is 5.75 Å². The van der Waals surface area contributed by atoms with Gasteiger partial charge in [0.05, 0.1) is 13.3 Å². The van der Waals surface area contributed by atoms with Gasteiger partial charge in [-0.15, -0.1) is 0 Å². The lowest BCUT2D eigenvalue weighted by Gasteiger charge is -2.05. The number of anilines is 1. The Morgan fingerprint density at radius 1 is 1.00 bits per heavy atom. The van der Waals surface area contributed by atoms with Crippen LogP contribution in [0.5, 0.6) is 5.75 Å². The number of hydrogen-bond donors (Lipinski definition) is 2. The molecule has 3 aromatic rings. The number of carbonyl (C=O) groups excluding carboxylic acids is 1. The van der Waals surface area contributed by atoms with Crippen LogP contribution in [-0.2, 0) is 0 Å². The lowest BCUT2D eigenvalue weighted by molar-refractivity contribution is 0.252. The molecule has 5 heteroatoms. The molecule has 0 unspecified atom stereocenters. The minimum Gasteiger partial charge on any atom is -0.497 e.